The van der Waals surface area contributed by atoms with Crippen molar-refractivity contribution in [3.63, 3.8) is 0 Å². The second-order valence-electron chi connectivity index (χ2n) is 4.40. The summed E-state index contributed by atoms with van der Waals surface area (Å²) in [6.45, 7) is 0. The van der Waals surface area contributed by atoms with Gasteiger partial charge in [-0.05, 0) is 28.1 Å². The minimum absolute atomic E-state index is 0.0766. The van der Waals surface area contributed by atoms with Crippen molar-refractivity contribution >= 4 is 21.8 Å². The maximum absolute atomic E-state index is 13.3. The molecular formula is C12H11BrF3NO2. The lowest BCUT2D eigenvalue weighted by atomic mass is 9.88. The van der Waals surface area contributed by atoms with Crippen molar-refractivity contribution in [3.8, 4) is 5.75 Å². The van der Waals surface area contributed by atoms with Gasteiger partial charge in [-0.25, -0.2) is 13.2 Å². The lowest BCUT2D eigenvalue weighted by Gasteiger charge is -2.35. The van der Waals surface area contributed by atoms with E-state index in [0.717, 1.165) is 6.07 Å². The van der Waals surface area contributed by atoms with E-state index in [-0.39, 0.29) is 28.6 Å². The SMILES string of the molecule is COc1cc(C(=O)NC2CC(F)(F)C2)c(Br)cc1F. The molecule has 0 atom stereocenters. The van der Waals surface area contributed by atoms with Crippen LogP contribution in [0.5, 0.6) is 5.75 Å². The van der Waals surface area contributed by atoms with Crippen molar-refractivity contribution in [2.24, 2.45) is 0 Å². The normalized spacial score (nSPS) is 17.7. The van der Waals surface area contributed by atoms with Gasteiger partial charge in [0.2, 0.25) is 0 Å². The van der Waals surface area contributed by atoms with E-state index in [4.69, 9.17) is 4.74 Å². The number of methoxy groups -OCH3 is 1. The highest BCUT2D eigenvalue weighted by molar-refractivity contribution is 9.10. The molecule has 0 aliphatic heterocycles. The Morgan fingerprint density at radius 2 is 2.11 bits per heavy atom. The Morgan fingerprint density at radius 1 is 1.47 bits per heavy atom. The van der Waals surface area contributed by atoms with Crippen LogP contribution in [0.25, 0.3) is 0 Å². The first-order valence-corrected chi connectivity index (χ1v) is 6.33. The highest BCUT2D eigenvalue weighted by Crippen LogP contribution is 2.37. The molecule has 1 fully saturated rings. The predicted molar refractivity (Wildman–Crippen MR) is 66.1 cm³/mol. The van der Waals surface area contributed by atoms with Gasteiger partial charge >= 0.3 is 0 Å². The van der Waals surface area contributed by atoms with E-state index in [9.17, 15) is 18.0 Å². The van der Waals surface area contributed by atoms with Crippen LogP contribution in [-0.4, -0.2) is 25.0 Å². The van der Waals surface area contributed by atoms with Crippen molar-refractivity contribution in [1.82, 2.24) is 5.32 Å². The van der Waals surface area contributed by atoms with Crippen LogP contribution in [0, 0.1) is 5.82 Å². The minimum Gasteiger partial charge on any atom is -0.494 e. The van der Waals surface area contributed by atoms with Crippen molar-refractivity contribution in [1.29, 1.82) is 0 Å². The fourth-order valence-electron chi connectivity index (χ4n) is 1.89. The molecule has 0 heterocycles. The van der Waals surface area contributed by atoms with E-state index in [0.29, 0.717) is 0 Å². The van der Waals surface area contributed by atoms with Gasteiger partial charge in [-0.1, -0.05) is 0 Å². The minimum atomic E-state index is -2.70. The van der Waals surface area contributed by atoms with Gasteiger partial charge in [0.1, 0.15) is 0 Å². The van der Waals surface area contributed by atoms with Crippen LogP contribution >= 0.6 is 15.9 Å². The number of carbonyl (C=O) groups excluding carboxylic acids is 1. The Kier molecular flexibility index (Phi) is 3.75. The Morgan fingerprint density at radius 3 is 2.63 bits per heavy atom. The molecule has 0 aromatic heterocycles. The largest absolute Gasteiger partial charge is 0.494 e. The molecule has 0 saturated heterocycles. The number of ether oxygens (including phenoxy) is 1. The molecule has 0 bridgehead atoms. The average molecular weight is 338 g/mol. The van der Waals surface area contributed by atoms with Crippen molar-refractivity contribution < 1.29 is 22.7 Å². The molecular weight excluding hydrogens is 327 g/mol. The summed E-state index contributed by atoms with van der Waals surface area (Å²) in [5.74, 6) is -3.92. The van der Waals surface area contributed by atoms with E-state index >= 15 is 0 Å². The van der Waals surface area contributed by atoms with Crippen LogP contribution in [0.4, 0.5) is 13.2 Å². The number of carbonyl (C=O) groups is 1. The van der Waals surface area contributed by atoms with Gasteiger partial charge in [-0.2, -0.15) is 0 Å². The summed E-state index contributed by atoms with van der Waals surface area (Å²) >= 11 is 3.06. The molecule has 1 saturated carbocycles. The van der Waals surface area contributed by atoms with E-state index in [1.807, 2.05) is 0 Å². The molecule has 0 spiro atoms. The van der Waals surface area contributed by atoms with Crippen LogP contribution < -0.4 is 10.1 Å². The summed E-state index contributed by atoms with van der Waals surface area (Å²) in [6.07, 6.45) is -0.733. The maximum Gasteiger partial charge on any atom is 0.252 e. The molecule has 1 N–H and O–H groups in total. The lowest BCUT2D eigenvalue weighted by molar-refractivity contribution is -0.0901. The smallest absolute Gasteiger partial charge is 0.252 e. The molecule has 19 heavy (non-hydrogen) atoms. The maximum atomic E-state index is 13.3. The second-order valence-corrected chi connectivity index (χ2v) is 5.26. The average Bonchev–Trinajstić information content (AvgIpc) is 2.26. The number of amides is 1. The number of hydrogen-bond donors (Lipinski definition) is 1. The number of nitrogens with one attached hydrogen (secondary N) is 1. The highest BCUT2D eigenvalue weighted by Gasteiger charge is 2.46. The monoisotopic (exact) mass is 337 g/mol. The zero-order chi connectivity index (χ0) is 14.2. The van der Waals surface area contributed by atoms with Crippen LogP contribution in [0.2, 0.25) is 0 Å². The van der Waals surface area contributed by atoms with Gasteiger partial charge in [-0.15, -0.1) is 0 Å². The molecule has 1 aliphatic carbocycles. The summed E-state index contributed by atoms with van der Waals surface area (Å²) in [6, 6.07) is 1.78. The first-order valence-electron chi connectivity index (χ1n) is 5.54. The molecule has 0 unspecified atom stereocenters. The Balaban J connectivity index is 2.11. The standard InChI is InChI=1S/C12H11BrF3NO2/c1-19-10-2-7(8(13)3-9(10)14)11(18)17-6-4-12(15,16)5-6/h2-3,6H,4-5H2,1H3,(H,17,18). The fraction of sp³-hybridized carbons (Fsp3) is 0.417. The van der Waals surface area contributed by atoms with Crippen LogP contribution in [0.3, 0.4) is 0 Å². The Bertz CT molecular complexity index is 514. The van der Waals surface area contributed by atoms with E-state index < -0.39 is 23.7 Å². The van der Waals surface area contributed by atoms with Gasteiger partial charge in [0, 0.05) is 23.4 Å². The van der Waals surface area contributed by atoms with Gasteiger partial charge in [-0.3, -0.25) is 4.79 Å². The predicted octanol–water partition coefficient (Wildman–Crippen LogP) is 3.12. The summed E-state index contributed by atoms with van der Waals surface area (Å²) in [4.78, 5) is 11.9. The third-order valence-electron chi connectivity index (χ3n) is 2.91. The van der Waals surface area contributed by atoms with Gasteiger partial charge in [0.15, 0.2) is 11.6 Å². The van der Waals surface area contributed by atoms with Crippen molar-refractivity contribution in [3.05, 3.63) is 28.0 Å². The van der Waals surface area contributed by atoms with E-state index in [1.165, 1.54) is 13.2 Å². The Hall–Kier alpha value is -1.24. The quantitative estimate of drug-likeness (QED) is 0.920. The topological polar surface area (TPSA) is 38.3 Å². The van der Waals surface area contributed by atoms with Crippen molar-refractivity contribution in [2.45, 2.75) is 24.8 Å². The molecule has 0 radical (unpaired) electrons. The fourth-order valence-corrected chi connectivity index (χ4v) is 2.38. The third kappa shape index (κ3) is 3.02. The molecule has 7 heteroatoms. The number of benzene rings is 1. The summed E-state index contributed by atoms with van der Waals surface area (Å²) < 4.78 is 43.7. The molecule has 104 valence electrons. The summed E-state index contributed by atoms with van der Waals surface area (Å²) in [7, 11) is 1.28. The van der Waals surface area contributed by atoms with Gasteiger partial charge < -0.3 is 10.1 Å². The number of halogens is 4. The first kappa shape index (κ1) is 14.2. The summed E-state index contributed by atoms with van der Waals surface area (Å²) in [5, 5.41) is 2.47. The third-order valence-corrected chi connectivity index (χ3v) is 3.57. The summed E-state index contributed by atoms with van der Waals surface area (Å²) in [5.41, 5.74) is 0.147. The molecule has 1 aromatic carbocycles. The van der Waals surface area contributed by atoms with E-state index in [1.54, 1.807) is 0 Å². The van der Waals surface area contributed by atoms with Gasteiger partial charge in [0.05, 0.1) is 12.7 Å². The molecule has 3 nitrogen and oxygen atoms in total. The van der Waals surface area contributed by atoms with Crippen LogP contribution in [0.15, 0.2) is 16.6 Å². The Labute approximate surface area is 116 Å². The molecule has 1 amide bonds. The zero-order valence-electron chi connectivity index (χ0n) is 9.97. The van der Waals surface area contributed by atoms with Crippen LogP contribution in [0.1, 0.15) is 23.2 Å². The second kappa shape index (κ2) is 5.03. The molecule has 2 rings (SSSR count). The lowest BCUT2D eigenvalue weighted by Crippen LogP contribution is -2.50. The zero-order valence-corrected chi connectivity index (χ0v) is 11.6. The van der Waals surface area contributed by atoms with Crippen molar-refractivity contribution in [2.75, 3.05) is 7.11 Å². The number of hydrogen-bond acceptors (Lipinski definition) is 2. The van der Waals surface area contributed by atoms with Crippen LogP contribution in [-0.2, 0) is 0 Å². The van der Waals surface area contributed by atoms with E-state index in [2.05, 4.69) is 21.2 Å². The molecule has 1 aromatic rings. The number of rotatable bonds is 3. The first-order chi connectivity index (χ1) is 8.82. The number of alkyl halides is 2. The molecule has 1 aliphatic rings. The van der Waals surface area contributed by atoms with Gasteiger partial charge in [0.25, 0.3) is 11.8 Å². The highest BCUT2D eigenvalue weighted by atomic mass is 79.9.